The number of anilines is 1. The molecule has 1 heterocycles. The molecule has 4 rings (SSSR count). The monoisotopic (exact) mass is 409 g/mol. The standard InChI is InChI=1S/C21H19N3O2S2/c1-14-6-10-18(11-7-14)28(25,26)23-13-19-20(24-21(22)27-19)17-9-8-15-4-2-3-5-16(15)12-17/h2-12,23H,13H2,1H3,(H2,22,24). The third-order valence-electron chi connectivity index (χ3n) is 4.49. The normalized spacial score (nSPS) is 11.8. The van der Waals surface area contributed by atoms with Gasteiger partial charge in [0, 0.05) is 17.0 Å². The number of benzene rings is 3. The highest BCUT2D eigenvalue weighted by molar-refractivity contribution is 7.89. The van der Waals surface area contributed by atoms with Gasteiger partial charge in [0.1, 0.15) is 0 Å². The first-order valence-corrected chi connectivity index (χ1v) is 11.0. The van der Waals surface area contributed by atoms with E-state index in [1.54, 1.807) is 24.3 Å². The molecular weight excluding hydrogens is 390 g/mol. The Balaban J connectivity index is 1.63. The van der Waals surface area contributed by atoms with Crippen LogP contribution in [0.15, 0.2) is 71.6 Å². The number of fused-ring (bicyclic) bond motifs is 1. The molecule has 142 valence electrons. The Bertz CT molecular complexity index is 1250. The number of nitrogens with zero attached hydrogens (tertiary/aromatic N) is 1. The van der Waals surface area contributed by atoms with Crippen molar-refractivity contribution < 1.29 is 8.42 Å². The van der Waals surface area contributed by atoms with Gasteiger partial charge in [0.25, 0.3) is 0 Å². The van der Waals surface area contributed by atoms with Gasteiger partial charge in [-0.25, -0.2) is 18.1 Å². The zero-order valence-electron chi connectivity index (χ0n) is 15.2. The molecule has 4 aromatic rings. The molecule has 0 fully saturated rings. The molecule has 3 aromatic carbocycles. The first-order chi connectivity index (χ1) is 13.4. The summed E-state index contributed by atoms with van der Waals surface area (Å²) < 4.78 is 27.8. The molecule has 5 nitrogen and oxygen atoms in total. The molecule has 0 radical (unpaired) electrons. The van der Waals surface area contributed by atoms with Gasteiger partial charge in [-0.2, -0.15) is 0 Å². The van der Waals surface area contributed by atoms with Crippen LogP contribution < -0.4 is 10.5 Å². The summed E-state index contributed by atoms with van der Waals surface area (Å²) in [4.78, 5) is 5.45. The molecule has 0 aliphatic rings. The summed E-state index contributed by atoms with van der Waals surface area (Å²) in [5, 5.41) is 2.64. The molecule has 0 atom stereocenters. The van der Waals surface area contributed by atoms with Gasteiger partial charge in [-0.3, -0.25) is 0 Å². The molecule has 28 heavy (non-hydrogen) atoms. The van der Waals surface area contributed by atoms with Gasteiger partial charge < -0.3 is 5.73 Å². The summed E-state index contributed by atoms with van der Waals surface area (Å²) in [7, 11) is -3.61. The summed E-state index contributed by atoms with van der Waals surface area (Å²) in [6, 6.07) is 20.9. The van der Waals surface area contributed by atoms with E-state index in [0.29, 0.717) is 10.8 Å². The molecule has 0 bridgehead atoms. The van der Waals surface area contributed by atoms with Crippen LogP contribution in [-0.4, -0.2) is 13.4 Å². The Morgan fingerprint density at radius 3 is 2.46 bits per heavy atom. The lowest BCUT2D eigenvalue weighted by molar-refractivity contribution is 0.582. The van der Waals surface area contributed by atoms with E-state index in [-0.39, 0.29) is 11.4 Å². The Kier molecular flexibility index (Phi) is 4.89. The lowest BCUT2D eigenvalue weighted by atomic mass is 10.0. The third kappa shape index (κ3) is 3.77. The summed E-state index contributed by atoms with van der Waals surface area (Å²) in [5.74, 6) is 0. The number of hydrogen-bond acceptors (Lipinski definition) is 5. The van der Waals surface area contributed by atoms with Gasteiger partial charge in [-0.15, -0.1) is 11.3 Å². The van der Waals surface area contributed by atoms with Gasteiger partial charge >= 0.3 is 0 Å². The van der Waals surface area contributed by atoms with E-state index >= 15 is 0 Å². The minimum atomic E-state index is -3.61. The van der Waals surface area contributed by atoms with Crippen molar-refractivity contribution >= 4 is 37.3 Å². The Morgan fingerprint density at radius 1 is 1.00 bits per heavy atom. The van der Waals surface area contributed by atoms with Crippen LogP contribution in [0.4, 0.5) is 5.13 Å². The highest BCUT2D eigenvalue weighted by atomic mass is 32.2. The smallest absolute Gasteiger partial charge is 0.240 e. The molecular formula is C21H19N3O2S2. The fourth-order valence-electron chi connectivity index (χ4n) is 3.01. The van der Waals surface area contributed by atoms with Crippen molar-refractivity contribution in [3.05, 3.63) is 77.2 Å². The van der Waals surface area contributed by atoms with Crippen molar-refractivity contribution in [3.8, 4) is 11.3 Å². The fourth-order valence-corrected chi connectivity index (χ4v) is 4.89. The van der Waals surface area contributed by atoms with Crippen LogP contribution in [-0.2, 0) is 16.6 Å². The lowest BCUT2D eigenvalue weighted by Crippen LogP contribution is -2.23. The minimum Gasteiger partial charge on any atom is -0.375 e. The molecule has 7 heteroatoms. The first kappa shape index (κ1) is 18.6. The maximum Gasteiger partial charge on any atom is 0.240 e. The largest absolute Gasteiger partial charge is 0.375 e. The van der Waals surface area contributed by atoms with E-state index in [0.717, 1.165) is 26.8 Å². The van der Waals surface area contributed by atoms with Gasteiger partial charge in [0.15, 0.2) is 5.13 Å². The van der Waals surface area contributed by atoms with Crippen molar-refractivity contribution in [1.82, 2.24) is 9.71 Å². The number of aryl methyl sites for hydroxylation is 1. The summed E-state index contributed by atoms with van der Waals surface area (Å²) >= 11 is 1.29. The topological polar surface area (TPSA) is 85.1 Å². The highest BCUT2D eigenvalue weighted by Gasteiger charge is 2.17. The van der Waals surface area contributed by atoms with Gasteiger partial charge in [-0.05, 0) is 35.9 Å². The number of thiazole rings is 1. The SMILES string of the molecule is Cc1ccc(S(=O)(=O)NCc2sc(N)nc2-c2ccc3ccccc3c2)cc1. The summed E-state index contributed by atoms with van der Waals surface area (Å²) in [6.07, 6.45) is 0. The number of hydrogen-bond donors (Lipinski definition) is 2. The van der Waals surface area contributed by atoms with E-state index in [1.165, 1.54) is 11.3 Å². The van der Waals surface area contributed by atoms with Crippen molar-refractivity contribution in [3.63, 3.8) is 0 Å². The Morgan fingerprint density at radius 2 is 1.71 bits per heavy atom. The predicted octanol–water partition coefficient (Wildman–Crippen LogP) is 4.33. The van der Waals surface area contributed by atoms with Gasteiger partial charge in [0.05, 0.1) is 10.6 Å². The van der Waals surface area contributed by atoms with Gasteiger partial charge in [0.2, 0.25) is 10.0 Å². The quantitative estimate of drug-likeness (QED) is 0.514. The third-order valence-corrected chi connectivity index (χ3v) is 6.79. The first-order valence-electron chi connectivity index (χ1n) is 8.73. The number of nitrogen functional groups attached to an aromatic ring is 1. The molecule has 0 unspecified atom stereocenters. The molecule has 0 aliphatic heterocycles. The Labute approximate surface area is 167 Å². The van der Waals surface area contributed by atoms with E-state index < -0.39 is 10.0 Å². The van der Waals surface area contributed by atoms with Crippen LogP contribution in [0, 0.1) is 6.92 Å². The summed E-state index contributed by atoms with van der Waals surface area (Å²) in [6.45, 7) is 2.05. The van der Waals surface area contributed by atoms with Crippen molar-refractivity contribution in [2.45, 2.75) is 18.4 Å². The zero-order valence-corrected chi connectivity index (χ0v) is 16.8. The van der Waals surface area contributed by atoms with E-state index in [2.05, 4.69) is 9.71 Å². The second kappa shape index (κ2) is 7.35. The molecule has 0 spiro atoms. The number of nitrogens with one attached hydrogen (secondary N) is 1. The van der Waals surface area contributed by atoms with Crippen LogP contribution in [0.1, 0.15) is 10.4 Å². The van der Waals surface area contributed by atoms with Gasteiger partial charge in [-0.1, -0.05) is 54.1 Å². The Hall–Kier alpha value is -2.74. The lowest BCUT2D eigenvalue weighted by Gasteiger charge is -2.08. The molecule has 0 saturated heterocycles. The average molecular weight is 410 g/mol. The van der Waals surface area contributed by atoms with Crippen molar-refractivity contribution in [2.75, 3.05) is 5.73 Å². The maximum absolute atomic E-state index is 12.6. The minimum absolute atomic E-state index is 0.132. The van der Waals surface area contributed by atoms with E-state index in [4.69, 9.17) is 5.73 Å². The number of aromatic nitrogens is 1. The van der Waals surface area contributed by atoms with Crippen LogP contribution >= 0.6 is 11.3 Å². The molecule has 3 N–H and O–H groups in total. The molecule has 1 aromatic heterocycles. The average Bonchev–Trinajstić information content (AvgIpc) is 3.07. The van der Waals surface area contributed by atoms with Crippen molar-refractivity contribution in [2.24, 2.45) is 0 Å². The van der Waals surface area contributed by atoms with Crippen molar-refractivity contribution in [1.29, 1.82) is 0 Å². The number of sulfonamides is 1. The molecule has 0 aliphatic carbocycles. The molecule has 0 saturated carbocycles. The van der Waals surface area contributed by atoms with Crippen LogP contribution in [0.2, 0.25) is 0 Å². The van der Waals surface area contributed by atoms with Crippen LogP contribution in [0.5, 0.6) is 0 Å². The summed E-state index contributed by atoms with van der Waals surface area (Å²) in [5.41, 5.74) is 8.56. The maximum atomic E-state index is 12.6. The van der Waals surface area contributed by atoms with E-state index in [1.807, 2.05) is 49.4 Å². The fraction of sp³-hybridized carbons (Fsp3) is 0.0952. The van der Waals surface area contributed by atoms with E-state index in [9.17, 15) is 8.42 Å². The predicted molar refractivity (Wildman–Crippen MR) is 115 cm³/mol. The number of rotatable bonds is 5. The highest BCUT2D eigenvalue weighted by Crippen LogP contribution is 2.31. The zero-order chi connectivity index (χ0) is 19.7. The second-order valence-corrected chi connectivity index (χ2v) is 9.41. The van der Waals surface area contributed by atoms with Crippen LogP contribution in [0.3, 0.4) is 0 Å². The van der Waals surface area contributed by atoms with Crippen LogP contribution in [0.25, 0.3) is 22.0 Å². The molecule has 0 amide bonds. The second-order valence-electron chi connectivity index (χ2n) is 6.52. The number of nitrogens with two attached hydrogens (primary N) is 1.